The van der Waals surface area contributed by atoms with E-state index in [-0.39, 0.29) is 27.9 Å². The van der Waals surface area contributed by atoms with Gasteiger partial charge in [-0.15, -0.1) is 0 Å². The molecular weight excluding hydrogens is 473 g/mol. The van der Waals surface area contributed by atoms with Crippen LogP contribution >= 0.6 is 15.9 Å². The highest BCUT2D eigenvalue weighted by atomic mass is 79.9. The maximum absolute atomic E-state index is 13.4. The minimum Gasteiger partial charge on any atom is -0.409 e. The number of hydrogen-bond acceptors (Lipinski definition) is 8. The Morgan fingerprint density at radius 3 is 2.97 bits per heavy atom. The van der Waals surface area contributed by atoms with Gasteiger partial charge < -0.3 is 15.8 Å². The van der Waals surface area contributed by atoms with Gasteiger partial charge in [-0.25, -0.2) is 14.2 Å². The summed E-state index contributed by atoms with van der Waals surface area (Å²) in [4.78, 5) is 0. The number of nitrogens with zero attached hydrogens (tertiary/aromatic N) is 4. The van der Waals surface area contributed by atoms with Crippen molar-refractivity contribution < 1.29 is 22.6 Å². The van der Waals surface area contributed by atoms with Crippen LogP contribution in [0.3, 0.4) is 0 Å². The molecule has 0 saturated carbocycles. The molecule has 1 aliphatic heterocycles. The van der Waals surface area contributed by atoms with E-state index in [0.717, 1.165) is 6.42 Å². The molecule has 1 saturated heterocycles. The highest BCUT2D eigenvalue weighted by molar-refractivity contribution is 9.10. The van der Waals surface area contributed by atoms with Gasteiger partial charge in [0, 0.05) is 24.8 Å². The van der Waals surface area contributed by atoms with Crippen LogP contribution in [0.2, 0.25) is 0 Å². The Labute approximate surface area is 174 Å². The fourth-order valence-electron chi connectivity index (χ4n) is 3.09. The molecule has 2 aromatic rings. The van der Waals surface area contributed by atoms with Crippen LogP contribution in [0.1, 0.15) is 25.0 Å². The van der Waals surface area contributed by atoms with Crippen LogP contribution in [0, 0.1) is 5.82 Å². The minimum absolute atomic E-state index is 0.0701. The van der Waals surface area contributed by atoms with Gasteiger partial charge in [0.1, 0.15) is 5.82 Å². The van der Waals surface area contributed by atoms with Crippen molar-refractivity contribution in [1.82, 2.24) is 14.6 Å². The lowest BCUT2D eigenvalue weighted by molar-refractivity contribution is 0.304. The number of anilines is 2. The van der Waals surface area contributed by atoms with Crippen molar-refractivity contribution in [2.24, 2.45) is 10.3 Å². The standard InChI is InChI=1S/C15H19BrFN7O4S/c16-11-8-9(3-4-12(11)17)20-15(21-25)13-14(23-28-22-13)19-6-5-10-2-1-7-24(10)29(18,26)27/h3-4,8,10,25H,1-2,5-7H2,(H,19,23)(H,20,21)(H2,18,26,27). The molecule has 1 atom stereocenters. The van der Waals surface area contributed by atoms with Crippen LogP contribution < -0.4 is 15.8 Å². The Morgan fingerprint density at radius 1 is 1.48 bits per heavy atom. The quantitative estimate of drug-likeness (QED) is 0.197. The molecule has 158 valence electrons. The normalized spacial score (nSPS) is 18.2. The second-order valence-electron chi connectivity index (χ2n) is 6.33. The van der Waals surface area contributed by atoms with E-state index >= 15 is 0 Å². The van der Waals surface area contributed by atoms with Crippen molar-refractivity contribution in [3.63, 3.8) is 0 Å². The predicted molar refractivity (Wildman–Crippen MR) is 106 cm³/mol. The van der Waals surface area contributed by atoms with Crippen molar-refractivity contribution >= 4 is 43.5 Å². The Hall–Kier alpha value is -2.29. The van der Waals surface area contributed by atoms with Crippen molar-refractivity contribution in [2.45, 2.75) is 25.3 Å². The molecule has 0 bridgehead atoms. The van der Waals surface area contributed by atoms with Gasteiger partial charge in [-0.3, -0.25) is 0 Å². The smallest absolute Gasteiger partial charge is 0.277 e. The third kappa shape index (κ3) is 5.20. The summed E-state index contributed by atoms with van der Waals surface area (Å²) in [5, 5.41) is 31.0. The van der Waals surface area contributed by atoms with Crippen LogP contribution in [0.4, 0.5) is 15.9 Å². The highest BCUT2D eigenvalue weighted by Crippen LogP contribution is 2.23. The second kappa shape index (κ2) is 9.02. The highest BCUT2D eigenvalue weighted by Gasteiger charge is 2.31. The Kier molecular flexibility index (Phi) is 6.66. The van der Waals surface area contributed by atoms with Gasteiger partial charge in [-0.05, 0) is 63.7 Å². The van der Waals surface area contributed by atoms with E-state index in [1.165, 1.54) is 22.5 Å². The second-order valence-corrected chi connectivity index (χ2v) is 8.68. The summed E-state index contributed by atoms with van der Waals surface area (Å²) < 4.78 is 42.8. The molecule has 5 N–H and O–H groups in total. The average molecular weight is 492 g/mol. The first-order valence-electron chi connectivity index (χ1n) is 8.60. The SMILES string of the molecule is NS(=O)(=O)N1CCCC1CCNc1nonc1C(=NO)Nc1ccc(F)c(Br)c1. The van der Waals surface area contributed by atoms with Crippen LogP contribution in [-0.4, -0.2) is 53.2 Å². The molecule has 0 radical (unpaired) electrons. The van der Waals surface area contributed by atoms with Crippen LogP contribution in [-0.2, 0) is 10.2 Å². The van der Waals surface area contributed by atoms with E-state index in [1.807, 2.05) is 0 Å². The number of amidine groups is 1. The van der Waals surface area contributed by atoms with E-state index in [2.05, 4.69) is 42.0 Å². The zero-order valence-corrected chi connectivity index (χ0v) is 17.4. The van der Waals surface area contributed by atoms with Crippen LogP contribution in [0.25, 0.3) is 0 Å². The largest absolute Gasteiger partial charge is 0.409 e. The van der Waals surface area contributed by atoms with E-state index in [9.17, 15) is 18.0 Å². The number of aromatic nitrogens is 2. The zero-order valence-electron chi connectivity index (χ0n) is 15.0. The monoisotopic (exact) mass is 491 g/mol. The molecule has 1 aromatic carbocycles. The number of nitrogens with two attached hydrogens (primary N) is 1. The molecule has 0 amide bonds. The molecule has 3 rings (SSSR count). The fraction of sp³-hybridized carbons (Fsp3) is 0.400. The molecule has 0 spiro atoms. The molecule has 1 aliphatic rings. The van der Waals surface area contributed by atoms with E-state index < -0.39 is 16.0 Å². The Balaban J connectivity index is 1.64. The lowest BCUT2D eigenvalue weighted by Crippen LogP contribution is -2.40. The van der Waals surface area contributed by atoms with Gasteiger partial charge in [0.05, 0.1) is 4.47 Å². The number of nitrogens with one attached hydrogen (secondary N) is 2. The maximum atomic E-state index is 13.4. The molecule has 1 unspecified atom stereocenters. The summed E-state index contributed by atoms with van der Waals surface area (Å²) in [5.74, 6) is -0.310. The lowest BCUT2D eigenvalue weighted by Gasteiger charge is -2.21. The Bertz CT molecular complexity index is 1000. The van der Waals surface area contributed by atoms with Gasteiger partial charge in [0.15, 0.2) is 5.69 Å². The van der Waals surface area contributed by atoms with Crippen molar-refractivity contribution in [3.05, 3.63) is 34.2 Å². The minimum atomic E-state index is -3.74. The first kappa shape index (κ1) is 21.4. The van der Waals surface area contributed by atoms with E-state index in [1.54, 1.807) is 0 Å². The summed E-state index contributed by atoms with van der Waals surface area (Å²) in [5.41, 5.74) is 0.539. The predicted octanol–water partition coefficient (Wildman–Crippen LogP) is 1.69. The fourth-order valence-corrected chi connectivity index (χ4v) is 4.48. The van der Waals surface area contributed by atoms with Crippen LogP contribution in [0.5, 0.6) is 0 Å². The van der Waals surface area contributed by atoms with Crippen molar-refractivity contribution in [3.8, 4) is 0 Å². The van der Waals surface area contributed by atoms with Gasteiger partial charge in [0.25, 0.3) is 10.2 Å². The number of hydrogen-bond donors (Lipinski definition) is 4. The topological polar surface area (TPSA) is 159 Å². The molecule has 29 heavy (non-hydrogen) atoms. The van der Waals surface area contributed by atoms with Gasteiger partial charge >= 0.3 is 0 Å². The molecule has 1 aromatic heterocycles. The summed E-state index contributed by atoms with van der Waals surface area (Å²) in [6.07, 6.45) is 1.95. The number of rotatable bonds is 7. The van der Waals surface area contributed by atoms with Crippen molar-refractivity contribution in [2.75, 3.05) is 23.7 Å². The summed E-state index contributed by atoms with van der Waals surface area (Å²) in [6, 6.07) is 3.94. The van der Waals surface area contributed by atoms with Gasteiger partial charge in [-0.1, -0.05) is 5.16 Å². The zero-order chi connectivity index (χ0) is 21.0. The van der Waals surface area contributed by atoms with Crippen LogP contribution in [0.15, 0.2) is 32.5 Å². The third-order valence-electron chi connectivity index (χ3n) is 4.42. The maximum Gasteiger partial charge on any atom is 0.277 e. The van der Waals surface area contributed by atoms with E-state index in [0.29, 0.717) is 31.6 Å². The molecule has 14 heteroatoms. The average Bonchev–Trinajstić information content (AvgIpc) is 3.32. The molecular formula is C15H19BrFN7O4S. The molecule has 11 nitrogen and oxygen atoms in total. The first-order valence-corrected chi connectivity index (χ1v) is 10.9. The summed E-state index contributed by atoms with van der Waals surface area (Å²) >= 11 is 3.07. The lowest BCUT2D eigenvalue weighted by atomic mass is 10.1. The molecule has 0 aliphatic carbocycles. The Morgan fingerprint density at radius 2 is 2.28 bits per heavy atom. The van der Waals surface area contributed by atoms with Gasteiger partial charge in [-0.2, -0.15) is 12.7 Å². The molecule has 1 fully saturated rings. The van der Waals surface area contributed by atoms with Gasteiger partial charge in [0.2, 0.25) is 11.7 Å². The van der Waals surface area contributed by atoms with E-state index in [4.69, 9.17) is 9.77 Å². The first-order chi connectivity index (χ1) is 13.8. The summed E-state index contributed by atoms with van der Waals surface area (Å²) in [6.45, 7) is 0.761. The van der Waals surface area contributed by atoms with Crippen molar-refractivity contribution in [1.29, 1.82) is 0 Å². The third-order valence-corrected chi connectivity index (χ3v) is 6.16. The molecule has 2 heterocycles. The number of benzene rings is 1. The number of halogens is 2. The summed E-state index contributed by atoms with van der Waals surface area (Å²) in [7, 11) is -3.74. The number of oxime groups is 1.